The highest BCUT2D eigenvalue weighted by atomic mass is 79.9. The van der Waals surface area contributed by atoms with Crippen molar-refractivity contribution in [2.45, 2.75) is 0 Å². The number of benzene rings is 1. The van der Waals surface area contributed by atoms with Crippen LogP contribution in [0.2, 0.25) is 0 Å². The first kappa shape index (κ1) is 10.2. The van der Waals surface area contributed by atoms with Crippen LogP contribution >= 0.6 is 15.9 Å². The third kappa shape index (κ3) is 1.64. The van der Waals surface area contributed by atoms with Gasteiger partial charge in [0, 0.05) is 5.56 Å². The van der Waals surface area contributed by atoms with Gasteiger partial charge in [-0.15, -0.1) is 0 Å². The van der Waals surface area contributed by atoms with E-state index >= 15 is 0 Å². The molecule has 0 aliphatic rings. The molecule has 3 rings (SSSR count). The minimum absolute atomic E-state index is 0.224. The van der Waals surface area contributed by atoms with Crippen molar-refractivity contribution in [3.8, 4) is 11.3 Å². The molecule has 5 N–H and O–H groups in total. The van der Waals surface area contributed by atoms with Crippen LogP contribution in [0.3, 0.4) is 0 Å². The third-order valence-corrected chi connectivity index (χ3v) is 3.04. The Morgan fingerprint density at radius 1 is 1.18 bits per heavy atom. The van der Waals surface area contributed by atoms with Gasteiger partial charge in [-0.2, -0.15) is 0 Å². The molecule has 2 heterocycles. The van der Waals surface area contributed by atoms with Crippen LogP contribution in [0.4, 0.5) is 5.95 Å². The molecule has 2 aromatic heterocycles. The number of hydrogen-bond donors (Lipinski definition) is 4. The summed E-state index contributed by atoms with van der Waals surface area (Å²) in [6, 6.07) is 5.53. The van der Waals surface area contributed by atoms with Crippen LogP contribution in [0, 0.1) is 0 Å². The average molecular weight is 294 g/mol. The topological polar surface area (TPSA) is 103 Å². The Kier molecular flexibility index (Phi) is 2.08. The molecule has 3 aromatic rings. The minimum Gasteiger partial charge on any atom is -0.369 e. The molecule has 0 saturated carbocycles. The zero-order valence-corrected chi connectivity index (χ0v) is 10.1. The van der Waals surface area contributed by atoms with E-state index in [0.29, 0.717) is 16.2 Å². The molecule has 0 saturated heterocycles. The highest BCUT2D eigenvalue weighted by Crippen LogP contribution is 2.28. The monoisotopic (exact) mass is 293 g/mol. The molecule has 7 heteroatoms. The summed E-state index contributed by atoms with van der Waals surface area (Å²) in [6.45, 7) is 0. The van der Waals surface area contributed by atoms with Crippen molar-refractivity contribution < 1.29 is 0 Å². The van der Waals surface area contributed by atoms with Gasteiger partial charge in [0.25, 0.3) is 0 Å². The summed E-state index contributed by atoms with van der Waals surface area (Å²) in [5, 5.41) is 0. The van der Waals surface area contributed by atoms with E-state index in [1.54, 1.807) is 0 Å². The summed E-state index contributed by atoms with van der Waals surface area (Å²) < 4.78 is 0.715. The van der Waals surface area contributed by atoms with Gasteiger partial charge >= 0.3 is 5.69 Å². The molecule has 0 radical (unpaired) electrons. The van der Waals surface area contributed by atoms with Crippen LogP contribution in [0.25, 0.3) is 22.3 Å². The fourth-order valence-electron chi connectivity index (χ4n) is 1.74. The molecule has 86 valence electrons. The van der Waals surface area contributed by atoms with E-state index in [4.69, 9.17) is 5.73 Å². The lowest BCUT2D eigenvalue weighted by Crippen LogP contribution is -1.99. The maximum Gasteiger partial charge on any atom is 0.323 e. The zero-order chi connectivity index (χ0) is 12.0. The van der Waals surface area contributed by atoms with Crippen molar-refractivity contribution in [3.63, 3.8) is 0 Å². The van der Waals surface area contributed by atoms with Gasteiger partial charge in [0.15, 0.2) is 5.95 Å². The Morgan fingerprint density at radius 3 is 2.65 bits per heavy atom. The molecule has 0 aliphatic carbocycles. The first-order chi connectivity index (χ1) is 8.13. The Hall–Kier alpha value is -2.02. The largest absolute Gasteiger partial charge is 0.369 e. The van der Waals surface area contributed by atoms with Gasteiger partial charge in [0.2, 0.25) is 0 Å². The smallest absolute Gasteiger partial charge is 0.323 e. The highest BCUT2D eigenvalue weighted by Gasteiger charge is 2.09. The number of H-pyrrole nitrogens is 3. The predicted molar refractivity (Wildman–Crippen MR) is 68.6 cm³/mol. The number of aromatic nitrogens is 4. The maximum atomic E-state index is 11.1. The number of nitrogens with two attached hydrogens (primary N) is 1. The fraction of sp³-hybridized carbons (Fsp3) is 0. The lowest BCUT2D eigenvalue weighted by Gasteiger charge is -1.97. The molecule has 0 unspecified atom stereocenters. The second-order valence-corrected chi connectivity index (χ2v) is 4.42. The van der Waals surface area contributed by atoms with Crippen molar-refractivity contribution in [1.82, 2.24) is 19.9 Å². The first-order valence-corrected chi connectivity index (χ1v) is 5.66. The Labute approximate surface area is 103 Å². The molecule has 0 bridgehead atoms. The third-order valence-electron chi connectivity index (χ3n) is 2.47. The van der Waals surface area contributed by atoms with Crippen molar-refractivity contribution in [3.05, 3.63) is 33.3 Å². The van der Waals surface area contributed by atoms with Gasteiger partial charge in [-0.25, -0.2) is 9.78 Å². The Bertz CT molecular complexity index is 753. The SMILES string of the molecule is Nc1nc(-c2ccc3[nH]c(=O)[nH]c3c2)c(Br)[nH]1. The summed E-state index contributed by atoms with van der Waals surface area (Å²) >= 11 is 3.35. The van der Waals surface area contributed by atoms with Crippen molar-refractivity contribution in [1.29, 1.82) is 0 Å². The van der Waals surface area contributed by atoms with Gasteiger partial charge in [0.1, 0.15) is 10.3 Å². The number of imidazole rings is 2. The fourth-order valence-corrected chi connectivity index (χ4v) is 2.26. The summed E-state index contributed by atoms with van der Waals surface area (Å²) in [5.74, 6) is 0.342. The Morgan fingerprint density at radius 2 is 1.94 bits per heavy atom. The lowest BCUT2D eigenvalue weighted by molar-refractivity contribution is 1.21. The molecule has 6 nitrogen and oxygen atoms in total. The molecule has 0 fully saturated rings. The van der Waals surface area contributed by atoms with Crippen molar-refractivity contribution in [2.75, 3.05) is 5.73 Å². The molecule has 17 heavy (non-hydrogen) atoms. The molecule has 0 amide bonds. The van der Waals surface area contributed by atoms with Crippen LogP contribution in [0.15, 0.2) is 27.6 Å². The normalized spacial score (nSPS) is 11.1. The maximum absolute atomic E-state index is 11.1. The van der Waals surface area contributed by atoms with E-state index in [1.807, 2.05) is 18.2 Å². The van der Waals surface area contributed by atoms with Gasteiger partial charge < -0.3 is 20.7 Å². The van der Waals surface area contributed by atoms with Crippen molar-refractivity contribution in [2.24, 2.45) is 0 Å². The van der Waals surface area contributed by atoms with Gasteiger partial charge in [-0.3, -0.25) is 0 Å². The lowest BCUT2D eigenvalue weighted by atomic mass is 10.1. The number of rotatable bonds is 1. The molecule has 0 atom stereocenters. The molecule has 0 spiro atoms. The summed E-state index contributed by atoms with van der Waals surface area (Å²) in [7, 11) is 0. The molecular weight excluding hydrogens is 286 g/mol. The zero-order valence-electron chi connectivity index (χ0n) is 8.54. The van der Waals surface area contributed by atoms with Gasteiger partial charge in [-0.05, 0) is 28.1 Å². The highest BCUT2D eigenvalue weighted by molar-refractivity contribution is 9.10. The number of hydrogen-bond acceptors (Lipinski definition) is 3. The minimum atomic E-state index is -0.224. The Balaban J connectivity index is 2.23. The van der Waals surface area contributed by atoms with Crippen molar-refractivity contribution >= 4 is 32.9 Å². The first-order valence-electron chi connectivity index (χ1n) is 4.87. The number of halogens is 1. The van der Waals surface area contributed by atoms with Crippen LogP contribution in [-0.2, 0) is 0 Å². The number of nitrogens with zero attached hydrogens (tertiary/aromatic N) is 1. The number of fused-ring (bicyclic) bond motifs is 1. The van der Waals surface area contributed by atoms with Gasteiger partial charge in [-0.1, -0.05) is 6.07 Å². The number of nitrogens with one attached hydrogen (secondary N) is 3. The van der Waals surface area contributed by atoms with Crippen LogP contribution in [0.1, 0.15) is 0 Å². The van der Waals surface area contributed by atoms with Crippen LogP contribution < -0.4 is 11.4 Å². The van der Waals surface area contributed by atoms with Crippen LogP contribution in [-0.4, -0.2) is 19.9 Å². The summed E-state index contributed by atoms with van der Waals surface area (Å²) in [5.41, 5.74) is 8.43. The van der Waals surface area contributed by atoms with E-state index < -0.39 is 0 Å². The second kappa shape index (κ2) is 3.49. The number of aromatic amines is 3. The van der Waals surface area contributed by atoms with E-state index in [9.17, 15) is 4.79 Å². The van der Waals surface area contributed by atoms with E-state index in [1.165, 1.54) is 0 Å². The van der Waals surface area contributed by atoms with Crippen LogP contribution in [0.5, 0.6) is 0 Å². The average Bonchev–Trinajstić information content (AvgIpc) is 2.78. The second-order valence-electron chi connectivity index (χ2n) is 3.62. The summed E-state index contributed by atoms with van der Waals surface area (Å²) in [4.78, 5) is 23.6. The summed E-state index contributed by atoms with van der Waals surface area (Å²) in [6.07, 6.45) is 0. The quantitative estimate of drug-likeness (QED) is 0.548. The molecule has 1 aromatic carbocycles. The number of anilines is 1. The van der Waals surface area contributed by atoms with E-state index in [2.05, 4.69) is 35.9 Å². The predicted octanol–water partition coefficient (Wildman–Crippen LogP) is 1.59. The van der Waals surface area contributed by atoms with Gasteiger partial charge in [0.05, 0.1) is 11.0 Å². The molecule has 0 aliphatic heterocycles. The standard InChI is InChI=1S/C10H8BrN5O/c11-8-7(15-9(12)16-8)4-1-2-5-6(3-4)14-10(17)13-5/h1-3H,(H3,12,15,16)(H2,13,14,17). The number of nitrogen functional groups attached to an aromatic ring is 1. The van der Waals surface area contributed by atoms with E-state index in [-0.39, 0.29) is 5.69 Å². The van der Waals surface area contributed by atoms with E-state index in [0.717, 1.165) is 16.6 Å². The molecular formula is C10H8BrN5O.